The molecule has 1 amide bonds. The van der Waals surface area contributed by atoms with Crippen LogP contribution < -0.4 is 10.2 Å². The van der Waals surface area contributed by atoms with Crippen molar-refractivity contribution in [3.8, 4) is 0 Å². The number of hydrogen-bond donors (Lipinski definition) is 1. The summed E-state index contributed by atoms with van der Waals surface area (Å²) in [7, 11) is -3.83. The van der Waals surface area contributed by atoms with E-state index < -0.39 is 14.9 Å². The van der Waals surface area contributed by atoms with E-state index >= 15 is 0 Å². The molecule has 2 fully saturated rings. The van der Waals surface area contributed by atoms with Crippen LogP contribution in [0.1, 0.15) is 17.7 Å². The van der Waals surface area contributed by atoms with Gasteiger partial charge in [0.2, 0.25) is 15.9 Å². The van der Waals surface area contributed by atoms with Crippen LogP contribution >= 0.6 is 11.3 Å². The average molecular weight is 495 g/mol. The first-order valence-electron chi connectivity index (χ1n) is 10.8. The van der Waals surface area contributed by atoms with E-state index in [1.165, 1.54) is 16.4 Å². The number of ether oxygens (including phenoxy) is 1. The van der Waals surface area contributed by atoms with Crippen molar-refractivity contribution in [3.05, 3.63) is 50.7 Å². The van der Waals surface area contributed by atoms with E-state index in [0.717, 1.165) is 10.9 Å². The molecule has 1 aromatic carbocycles. The molecule has 2 aliphatic rings. The van der Waals surface area contributed by atoms with E-state index in [2.05, 4.69) is 5.32 Å². The summed E-state index contributed by atoms with van der Waals surface area (Å²) in [6, 6.07) is 7.97. The fourth-order valence-corrected chi connectivity index (χ4v) is 6.20. The lowest BCUT2D eigenvalue weighted by Crippen LogP contribution is -2.41. The summed E-state index contributed by atoms with van der Waals surface area (Å²) in [5.74, 6) is -0.161. The van der Waals surface area contributed by atoms with Crippen LogP contribution in [0.5, 0.6) is 0 Å². The zero-order chi connectivity index (χ0) is 23.4. The van der Waals surface area contributed by atoms with Crippen molar-refractivity contribution < 1.29 is 22.9 Å². The monoisotopic (exact) mass is 494 g/mol. The van der Waals surface area contributed by atoms with Crippen molar-refractivity contribution in [1.29, 1.82) is 0 Å². The fraction of sp³-hybridized carbons (Fsp3) is 0.476. The van der Waals surface area contributed by atoms with Crippen LogP contribution in [0.4, 0.5) is 11.4 Å². The zero-order valence-electron chi connectivity index (χ0n) is 18.0. The molecule has 2 aliphatic heterocycles. The first-order chi connectivity index (χ1) is 15.9. The lowest BCUT2D eigenvalue weighted by atomic mass is 9.95. The first kappa shape index (κ1) is 23.6. The number of nitrogens with one attached hydrogen (secondary N) is 1. The third kappa shape index (κ3) is 5.35. The number of nitrogens with zero attached hydrogens (tertiary/aromatic N) is 3. The molecule has 0 bridgehead atoms. The molecule has 4 rings (SSSR count). The Kier molecular flexibility index (Phi) is 7.27. The molecule has 10 nitrogen and oxygen atoms in total. The lowest BCUT2D eigenvalue weighted by Gasteiger charge is -2.33. The number of rotatable bonds is 7. The Morgan fingerprint density at radius 3 is 2.55 bits per heavy atom. The molecule has 33 heavy (non-hydrogen) atoms. The molecule has 2 aromatic rings. The van der Waals surface area contributed by atoms with Crippen molar-refractivity contribution in [1.82, 2.24) is 9.62 Å². The second kappa shape index (κ2) is 10.2. The predicted octanol–water partition coefficient (Wildman–Crippen LogP) is 2.21. The Labute approximate surface area is 196 Å². The molecule has 0 aliphatic carbocycles. The Morgan fingerprint density at radius 1 is 1.18 bits per heavy atom. The normalized spacial score (nSPS) is 18.2. The second-order valence-electron chi connectivity index (χ2n) is 7.98. The summed E-state index contributed by atoms with van der Waals surface area (Å²) in [5.41, 5.74) is 0.128. The van der Waals surface area contributed by atoms with Gasteiger partial charge in [-0.1, -0.05) is 6.07 Å². The molecular weight excluding hydrogens is 468 g/mol. The summed E-state index contributed by atoms with van der Waals surface area (Å²) in [4.78, 5) is 26.6. The van der Waals surface area contributed by atoms with E-state index in [4.69, 9.17) is 4.74 Å². The quantitative estimate of drug-likeness (QED) is 0.463. The molecule has 0 spiro atoms. The van der Waals surface area contributed by atoms with Gasteiger partial charge in [-0.25, -0.2) is 8.42 Å². The smallest absolute Gasteiger partial charge is 0.293 e. The largest absolute Gasteiger partial charge is 0.379 e. The number of nitro groups is 1. The van der Waals surface area contributed by atoms with E-state index in [9.17, 15) is 23.3 Å². The molecule has 0 radical (unpaired) electrons. The van der Waals surface area contributed by atoms with Gasteiger partial charge >= 0.3 is 0 Å². The highest BCUT2D eigenvalue weighted by atomic mass is 32.2. The van der Waals surface area contributed by atoms with Gasteiger partial charge < -0.3 is 15.0 Å². The molecule has 0 unspecified atom stereocenters. The molecule has 1 aromatic heterocycles. The minimum atomic E-state index is -3.83. The maximum atomic E-state index is 12.9. The van der Waals surface area contributed by atoms with Gasteiger partial charge in [-0.15, -0.1) is 11.3 Å². The summed E-state index contributed by atoms with van der Waals surface area (Å²) >= 11 is 1.59. The standard InChI is InChI=1S/C21H26N4O6S2/c26-21(22-15-17-2-1-13-32-17)16-5-7-23(8-6-16)19-4-3-18(14-20(19)25(27)28)33(29,30)24-9-11-31-12-10-24/h1-4,13-14,16H,5-12,15H2,(H,22,26). The van der Waals surface area contributed by atoms with Crippen LogP contribution in [0, 0.1) is 16.0 Å². The number of thiophene rings is 1. The highest BCUT2D eigenvalue weighted by Gasteiger charge is 2.32. The Balaban J connectivity index is 1.43. The fourth-order valence-electron chi connectivity index (χ4n) is 4.13. The van der Waals surface area contributed by atoms with Crippen molar-refractivity contribution >= 4 is 38.6 Å². The molecule has 2 saturated heterocycles. The summed E-state index contributed by atoms with van der Waals surface area (Å²) < 4.78 is 32.3. The lowest BCUT2D eigenvalue weighted by molar-refractivity contribution is -0.384. The Bertz CT molecular complexity index is 1090. The minimum absolute atomic E-state index is 0.00972. The molecular formula is C21H26N4O6S2. The number of carbonyl (C=O) groups is 1. The third-order valence-corrected chi connectivity index (χ3v) is 8.75. The maximum absolute atomic E-state index is 12.9. The van der Waals surface area contributed by atoms with Crippen molar-refractivity contribution in [3.63, 3.8) is 0 Å². The summed E-state index contributed by atoms with van der Waals surface area (Å²) in [6.07, 6.45) is 1.14. The van der Waals surface area contributed by atoms with Crippen LogP contribution in [-0.2, 0) is 26.1 Å². The van der Waals surface area contributed by atoms with E-state index in [-0.39, 0.29) is 35.5 Å². The van der Waals surface area contributed by atoms with Gasteiger partial charge in [-0.3, -0.25) is 14.9 Å². The number of morpholine rings is 1. The van der Waals surface area contributed by atoms with Crippen molar-refractivity contribution in [2.24, 2.45) is 5.92 Å². The minimum Gasteiger partial charge on any atom is -0.379 e. The summed E-state index contributed by atoms with van der Waals surface area (Å²) in [5, 5.41) is 16.7. The van der Waals surface area contributed by atoms with Gasteiger partial charge in [0, 0.05) is 43.0 Å². The number of anilines is 1. The number of nitro benzene ring substituents is 1. The number of amides is 1. The van der Waals surface area contributed by atoms with Gasteiger partial charge in [0.25, 0.3) is 5.69 Å². The molecule has 1 N–H and O–H groups in total. The van der Waals surface area contributed by atoms with Crippen LogP contribution in [0.3, 0.4) is 0 Å². The van der Waals surface area contributed by atoms with E-state index in [1.54, 1.807) is 11.3 Å². The van der Waals surface area contributed by atoms with E-state index in [0.29, 0.717) is 51.4 Å². The van der Waals surface area contributed by atoms with Crippen LogP contribution in [0.25, 0.3) is 0 Å². The topological polar surface area (TPSA) is 122 Å². The van der Waals surface area contributed by atoms with Gasteiger partial charge in [-0.2, -0.15) is 4.31 Å². The SMILES string of the molecule is O=C(NCc1cccs1)C1CCN(c2ccc(S(=O)(=O)N3CCOCC3)cc2[N+](=O)[O-])CC1. The van der Waals surface area contributed by atoms with Crippen molar-refractivity contribution in [2.45, 2.75) is 24.3 Å². The van der Waals surface area contributed by atoms with Gasteiger partial charge in [0.1, 0.15) is 5.69 Å². The molecule has 3 heterocycles. The van der Waals surface area contributed by atoms with Gasteiger partial charge in [0.05, 0.1) is 29.6 Å². The Morgan fingerprint density at radius 2 is 1.91 bits per heavy atom. The molecule has 12 heteroatoms. The first-order valence-corrected chi connectivity index (χ1v) is 13.1. The molecule has 178 valence electrons. The average Bonchev–Trinajstić information content (AvgIpc) is 3.36. The second-order valence-corrected chi connectivity index (χ2v) is 11.0. The maximum Gasteiger partial charge on any atom is 0.293 e. The van der Waals surface area contributed by atoms with Gasteiger partial charge in [-0.05, 0) is 36.4 Å². The zero-order valence-corrected chi connectivity index (χ0v) is 19.6. The summed E-state index contributed by atoms with van der Waals surface area (Å²) in [6.45, 7) is 2.51. The number of benzene rings is 1. The van der Waals surface area contributed by atoms with Crippen LogP contribution in [0.15, 0.2) is 40.6 Å². The van der Waals surface area contributed by atoms with Crippen molar-refractivity contribution in [2.75, 3.05) is 44.3 Å². The molecule has 0 saturated carbocycles. The predicted molar refractivity (Wildman–Crippen MR) is 124 cm³/mol. The number of carbonyl (C=O) groups excluding carboxylic acids is 1. The van der Waals surface area contributed by atoms with Crippen LogP contribution in [0.2, 0.25) is 0 Å². The number of sulfonamides is 1. The molecule has 0 atom stereocenters. The van der Waals surface area contributed by atoms with Crippen LogP contribution in [-0.4, -0.2) is 62.9 Å². The Hall–Kier alpha value is -2.54. The number of hydrogen-bond acceptors (Lipinski definition) is 8. The highest BCUT2D eigenvalue weighted by molar-refractivity contribution is 7.89. The highest BCUT2D eigenvalue weighted by Crippen LogP contribution is 2.34. The van der Waals surface area contributed by atoms with Gasteiger partial charge in [0.15, 0.2) is 0 Å². The number of piperidine rings is 1. The third-order valence-electron chi connectivity index (χ3n) is 5.97. The van der Waals surface area contributed by atoms with E-state index in [1.807, 2.05) is 22.4 Å².